The highest BCUT2D eigenvalue weighted by Gasteiger charge is 2.13. The van der Waals surface area contributed by atoms with Gasteiger partial charge in [-0.05, 0) is 24.6 Å². The third kappa shape index (κ3) is 2.38. The molecular formula is C12H13BrN4O. The molecule has 0 saturated heterocycles. The molecule has 6 heteroatoms. The summed E-state index contributed by atoms with van der Waals surface area (Å²) in [6.07, 6.45) is 1.62. The first-order valence-electron chi connectivity index (χ1n) is 5.34. The van der Waals surface area contributed by atoms with Gasteiger partial charge in [0.2, 0.25) is 0 Å². The summed E-state index contributed by atoms with van der Waals surface area (Å²) in [7, 11) is 1.76. The van der Waals surface area contributed by atoms with Crippen molar-refractivity contribution in [2.75, 3.05) is 11.1 Å². The molecule has 0 aliphatic rings. The van der Waals surface area contributed by atoms with Gasteiger partial charge in [0.25, 0.3) is 5.91 Å². The molecule has 1 heterocycles. The molecule has 5 nitrogen and oxygen atoms in total. The van der Waals surface area contributed by atoms with E-state index in [9.17, 15) is 4.79 Å². The average Bonchev–Trinajstić information content (AvgIpc) is 2.69. The van der Waals surface area contributed by atoms with Crippen molar-refractivity contribution in [3.63, 3.8) is 0 Å². The molecule has 0 radical (unpaired) electrons. The van der Waals surface area contributed by atoms with Crippen LogP contribution in [0.15, 0.2) is 28.9 Å². The monoisotopic (exact) mass is 308 g/mol. The molecule has 0 aliphatic carbocycles. The van der Waals surface area contributed by atoms with Crippen LogP contribution in [0.5, 0.6) is 0 Å². The summed E-state index contributed by atoms with van der Waals surface area (Å²) in [6, 6.07) is 5.25. The molecule has 0 saturated carbocycles. The predicted molar refractivity (Wildman–Crippen MR) is 74.5 cm³/mol. The summed E-state index contributed by atoms with van der Waals surface area (Å²) in [6.45, 7) is 1.82. The number of nitrogens with two attached hydrogens (primary N) is 1. The Labute approximate surface area is 113 Å². The largest absolute Gasteiger partial charge is 0.398 e. The first-order valence-corrected chi connectivity index (χ1v) is 6.13. The van der Waals surface area contributed by atoms with Crippen LogP contribution in [0.3, 0.4) is 0 Å². The summed E-state index contributed by atoms with van der Waals surface area (Å²) >= 11 is 3.33. The van der Waals surface area contributed by atoms with Crippen LogP contribution in [-0.2, 0) is 7.05 Å². The fourth-order valence-corrected chi connectivity index (χ4v) is 2.09. The summed E-state index contributed by atoms with van der Waals surface area (Å²) in [5, 5.41) is 6.78. The first kappa shape index (κ1) is 12.6. The zero-order valence-corrected chi connectivity index (χ0v) is 11.7. The maximum Gasteiger partial charge on any atom is 0.257 e. The highest BCUT2D eigenvalue weighted by molar-refractivity contribution is 9.10. The molecule has 0 unspecified atom stereocenters. The van der Waals surface area contributed by atoms with E-state index in [1.165, 1.54) is 0 Å². The van der Waals surface area contributed by atoms with Crippen LogP contribution >= 0.6 is 15.9 Å². The second-order valence-electron chi connectivity index (χ2n) is 3.96. The van der Waals surface area contributed by atoms with Crippen LogP contribution in [0.25, 0.3) is 0 Å². The number of halogens is 1. The van der Waals surface area contributed by atoms with Crippen LogP contribution < -0.4 is 11.1 Å². The lowest BCUT2D eigenvalue weighted by atomic mass is 10.1. The van der Waals surface area contributed by atoms with E-state index in [1.54, 1.807) is 36.1 Å². The Morgan fingerprint density at radius 1 is 1.50 bits per heavy atom. The number of nitrogens with zero attached hydrogens (tertiary/aromatic N) is 2. The summed E-state index contributed by atoms with van der Waals surface area (Å²) in [5.41, 5.74) is 7.72. The summed E-state index contributed by atoms with van der Waals surface area (Å²) in [4.78, 5) is 12.2. The summed E-state index contributed by atoms with van der Waals surface area (Å²) < 4.78 is 2.37. The van der Waals surface area contributed by atoms with Gasteiger partial charge in [0, 0.05) is 28.8 Å². The Morgan fingerprint density at radius 3 is 2.83 bits per heavy atom. The summed E-state index contributed by atoms with van der Waals surface area (Å²) in [5.74, 6) is 0.432. The van der Waals surface area contributed by atoms with E-state index in [1.807, 2.05) is 6.92 Å². The molecule has 2 aromatic rings. The van der Waals surface area contributed by atoms with Crippen molar-refractivity contribution < 1.29 is 4.79 Å². The third-order valence-electron chi connectivity index (χ3n) is 2.72. The van der Waals surface area contributed by atoms with Crippen molar-refractivity contribution in [3.8, 4) is 0 Å². The minimum Gasteiger partial charge on any atom is -0.398 e. The normalized spacial score (nSPS) is 10.4. The van der Waals surface area contributed by atoms with E-state index in [2.05, 4.69) is 26.3 Å². The number of nitrogen functional groups attached to an aromatic ring is 1. The van der Waals surface area contributed by atoms with Gasteiger partial charge in [-0.15, -0.1) is 0 Å². The fraction of sp³-hybridized carbons (Fsp3) is 0.167. The first-order chi connectivity index (χ1) is 8.49. The average molecular weight is 309 g/mol. The fourth-order valence-electron chi connectivity index (χ4n) is 1.62. The number of carbonyl (C=O) groups is 1. The molecular weight excluding hydrogens is 296 g/mol. The van der Waals surface area contributed by atoms with Crippen molar-refractivity contribution in [1.29, 1.82) is 0 Å². The smallest absolute Gasteiger partial charge is 0.257 e. The van der Waals surface area contributed by atoms with Gasteiger partial charge in [0.15, 0.2) is 0 Å². The van der Waals surface area contributed by atoms with E-state index in [0.29, 0.717) is 17.1 Å². The minimum atomic E-state index is -0.205. The Kier molecular flexibility index (Phi) is 3.38. The number of anilines is 2. The molecule has 18 heavy (non-hydrogen) atoms. The highest BCUT2D eigenvalue weighted by atomic mass is 79.9. The number of aromatic nitrogens is 2. The lowest BCUT2D eigenvalue weighted by molar-refractivity contribution is 0.102. The van der Waals surface area contributed by atoms with E-state index in [0.717, 1.165) is 10.0 Å². The molecule has 0 atom stereocenters. The van der Waals surface area contributed by atoms with Crippen LogP contribution in [0.4, 0.5) is 11.5 Å². The van der Waals surface area contributed by atoms with E-state index < -0.39 is 0 Å². The number of nitrogens with one attached hydrogen (secondary N) is 1. The molecule has 2 rings (SSSR count). The Hall–Kier alpha value is -1.82. The molecule has 0 spiro atoms. The second-order valence-corrected chi connectivity index (χ2v) is 4.88. The minimum absolute atomic E-state index is 0.205. The highest BCUT2D eigenvalue weighted by Crippen LogP contribution is 2.23. The van der Waals surface area contributed by atoms with Gasteiger partial charge in [-0.3, -0.25) is 9.48 Å². The molecule has 0 aliphatic heterocycles. The zero-order valence-electron chi connectivity index (χ0n) is 10.1. The number of hydrogen-bond acceptors (Lipinski definition) is 3. The lowest BCUT2D eigenvalue weighted by Crippen LogP contribution is -2.16. The molecule has 1 aromatic heterocycles. The standard InChI is InChI=1S/C12H13BrN4O/c1-7-9(5-8(13)6-10(7)14)12(18)16-11-3-4-15-17(11)2/h3-6H,14H2,1-2H3,(H,16,18). The predicted octanol–water partition coefficient (Wildman–Crippen LogP) is 2.33. The Balaban J connectivity index is 2.32. The van der Waals surface area contributed by atoms with Crippen molar-refractivity contribution in [1.82, 2.24) is 9.78 Å². The zero-order chi connectivity index (χ0) is 13.3. The maximum atomic E-state index is 12.2. The Bertz CT molecular complexity index is 606. The number of hydrogen-bond donors (Lipinski definition) is 2. The molecule has 94 valence electrons. The van der Waals surface area contributed by atoms with Gasteiger partial charge in [0.05, 0.1) is 6.20 Å². The van der Waals surface area contributed by atoms with E-state index in [4.69, 9.17) is 5.73 Å². The van der Waals surface area contributed by atoms with Gasteiger partial charge in [-0.25, -0.2) is 0 Å². The number of carbonyl (C=O) groups excluding carboxylic acids is 1. The van der Waals surface area contributed by atoms with Crippen molar-refractivity contribution >= 4 is 33.3 Å². The van der Waals surface area contributed by atoms with Gasteiger partial charge in [-0.2, -0.15) is 5.10 Å². The topological polar surface area (TPSA) is 72.9 Å². The van der Waals surface area contributed by atoms with Crippen molar-refractivity contribution in [2.45, 2.75) is 6.92 Å². The molecule has 1 amide bonds. The van der Waals surface area contributed by atoms with E-state index >= 15 is 0 Å². The SMILES string of the molecule is Cc1c(N)cc(Br)cc1C(=O)Nc1ccnn1C. The maximum absolute atomic E-state index is 12.2. The quantitative estimate of drug-likeness (QED) is 0.836. The molecule has 1 aromatic carbocycles. The second kappa shape index (κ2) is 4.81. The van der Waals surface area contributed by atoms with Gasteiger partial charge >= 0.3 is 0 Å². The lowest BCUT2D eigenvalue weighted by Gasteiger charge is -2.10. The van der Waals surface area contributed by atoms with Gasteiger partial charge in [-0.1, -0.05) is 15.9 Å². The molecule has 3 N–H and O–H groups in total. The van der Waals surface area contributed by atoms with Crippen molar-refractivity contribution in [3.05, 3.63) is 40.0 Å². The van der Waals surface area contributed by atoms with Gasteiger partial charge in [0.1, 0.15) is 5.82 Å². The number of amides is 1. The number of aryl methyl sites for hydroxylation is 1. The van der Waals surface area contributed by atoms with Crippen LogP contribution in [-0.4, -0.2) is 15.7 Å². The van der Waals surface area contributed by atoms with Gasteiger partial charge < -0.3 is 11.1 Å². The van der Waals surface area contributed by atoms with Crippen LogP contribution in [0.1, 0.15) is 15.9 Å². The van der Waals surface area contributed by atoms with E-state index in [-0.39, 0.29) is 5.91 Å². The third-order valence-corrected chi connectivity index (χ3v) is 3.18. The van der Waals surface area contributed by atoms with Crippen LogP contribution in [0, 0.1) is 6.92 Å². The molecule has 0 fully saturated rings. The number of rotatable bonds is 2. The molecule has 0 bridgehead atoms. The van der Waals surface area contributed by atoms with Crippen LogP contribution in [0.2, 0.25) is 0 Å². The van der Waals surface area contributed by atoms with Crippen molar-refractivity contribution in [2.24, 2.45) is 7.05 Å². The Morgan fingerprint density at radius 2 is 2.22 bits per heavy atom. The number of benzene rings is 1.